The molecule has 2 aromatic rings. The van der Waals surface area contributed by atoms with E-state index in [2.05, 4.69) is 32.0 Å². The fraction of sp³-hybridized carbons (Fsp3) is 0.613. The maximum absolute atomic E-state index is 15.0. The minimum absolute atomic E-state index is 0.0969. The molecule has 0 unspecified atom stereocenters. The van der Waals surface area contributed by atoms with Crippen molar-refractivity contribution in [3.63, 3.8) is 0 Å². The zero-order chi connectivity index (χ0) is 23.8. The number of ether oxygens (including phenoxy) is 2. The summed E-state index contributed by atoms with van der Waals surface area (Å²) in [6, 6.07) is 14.2. The second-order valence-electron chi connectivity index (χ2n) is 10.6. The Balaban J connectivity index is 1.26. The zero-order valence-electron chi connectivity index (χ0n) is 21.2. The van der Waals surface area contributed by atoms with Crippen LogP contribution < -0.4 is 0 Å². The third-order valence-electron chi connectivity index (χ3n) is 8.07. The van der Waals surface area contributed by atoms with Crippen LogP contribution in [0.1, 0.15) is 95.1 Å². The van der Waals surface area contributed by atoms with Gasteiger partial charge >= 0.3 is 0 Å². The molecule has 1 aliphatic heterocycles. The molecule has 2 aromatic carbocycles. The number of hydrogen-bond donors (Lipinski definition) is 0. The fourth-order valence-electron chi connectivity index (χ4n) is 5.66. The van der Waals surface area contributed by atoms with Gasteiger partial charge in [-0.1, -0.05) is 75.9 Å². The first-order valence-corrected chi connectivity index (χ1v) is 13.8. The van der Waals surface area contributed by atoms with Crippen molar-refractivity contribution in [1.82, 2.24) is 0 Å². The highest BCUT2D eigenvalue weighted by atomic mass is 19.1. The van der Waals surface area contributed by atoms with Gasteiger partial charge in [0.2, 0.25) is 0 Å². The molecule has 34 heavy (non-hydrogen) atoms. The van der Waals surface area contributed by atoms with Crippen molar-refractivity contribution in [3.05, 3.63) is 59.4 Å². The first-order valence-electron chi connectivity index (χ1n) is 13.8. The van der Waals surface area contributed by atoms with Gasteiger partial charge in [-0.3, -0.25) is 0 Å². The van der Waals surface area contributed by atoms with Gasteiger partial charge in [0, 0.05) is 17.9 Å². The molecule has 1 aliphatic carbocycles. The second-order valence-corrected chi connectivity index (χ2v) is 10.6. The van der Waals surface area contributed by atoms with Crippen LogP contribution in [0.2, 0.25) is 0 Å². The molecule has 0 atom stereocenters. The highest BCUT2D eigenvalue weighted by Gasteiger charge is 2.23. The Kier molecular flexibility index (Phi) is 9.58. The summed E-state index contributed by atoms with van der Waals surface area (Å²) in [5, 5.41) is 0. The van der Waals surface area contributed by atoms with Crippen LogP contribution in [0.15, 0.2) is 42.5 Å². The van der Waals surface area contributed by atoms with E-state index in [9.17, 15) is 0 Å². The molecular weight excluding hydrogens is 423 g/mol. The van der Waals surface area contributed by atoms with Crippen molar-refractivity contribution in [2.45, 2.75) is 96.7 Å². The Hall–Kier alpha value is -1.71. The van der Waals surface area contributed by atoms with E-state index in [1.165, 1.54) is 68.9 Å². The van der Waals surface area contributed by atoms with E-state index >= 15 is 4.39 Å². The SMILES string of the molecule is CCCCCC1COC(CCc2ccc(-c3ccc(C4CCC(CC)CC4)cc3F)cc2)OC1. The molecule has 0 radical (unpaired) electrons. The van der Waals surface area contributed by atoms with E-state index < -0.39 is 0 Å². The maximum Gasteiger partial charge on any atom is 0.157 e. The Morgan fingerprint density at radius 3 is 2.21 bits per heavy atom. The lowest BCUT2D eigenvalue weighted by Crippen LogP contribution is -2.32. The number of hydrogen-bond acceptors (Lipinski definition) is 2. The van der Waals surface area contributed by atoms with E-state index in [4.69, 9.17) is 9.47 Å². The molecule has 3 heteroatoms. The number of aryl methyl sites for hydroxylation is 1. The van der Waals surface area contributed by atoms with Crippen molar-refractivity contribution in [1.29, 1.82) is 0 Å². The molecule has 1 heterocycles. The van der Waals surface area contributed by atoms with E-state index in [-0.39, 0.29) is 12.1 Å². The predicted octanol–water partition coefficient (Wildman–Crippen LogP) is 8.68. The van der Waals surface area contributed by atoms with E-state index in [1.54, 1.807) is 6.07 Å². The number of halogens is 1. The molecule has 2 fully saturated rings. The fourth-order valence-corrected chi connectivity index (χ4v) is 5.66. The highest BCUT2D eigenvalue weighted by molar-refractivity contribution is 5.65. The maximum atomic E-state index is 15.0. The summed E-state index contributed by atoms with van der Waals surface area (Å²) >= 11 is 0. The predicted molar refractivity (Wildman–Crippen MR) is 138 cm³/mol. The number of benzene rings is 2. The van der Waals surface area contributed by atoms with Crippen molar-refractivity contribution < 1.29 is 13.9 Å². The summed E-state index contributed by atoms with van der Waals surface area (Å²) in [6.07, 6.45) is 12.9. The van der Waals surface area contributed by atoms with Crippen LogP contribution in [0.3, 0.4) is 0 Å². The Morgan fingerprint density at radius 2 is 1.56 bits per heavy atom. The summed E-state index contributed by atoms with van der Waals surface area (Å²) in [5.74, 6) is 1.84. The molecule has 2 aliphatic rings. The summed E-state index contributed by atoms with van der Waals surface area (Å²) in [4.78, 5) is 0. The third kappa shape index (κ3) is 6.92. The Bertz CT molecular complexity index is 862. The van der Waals surface area contributed by atoms with E-state index in [1.807, 2.05) is 18.2 Å². The van der Waals surface area contributed by atoms with Crippen molar-refractivity contribution in [2.24, 2.45) is 11.8 Å². The molecule has 0 spiro atoms. The summed E-state index contributed by atoms with van der Waals surface area (Å²) < 4.78 is 26.9. The van der Waals surface area contributed by atoms with Gasteiger partial charge in [0.15, 0.2) is 6.29 Å². The van der Waals surface area contributed by atoms with Crippen molar-refractivity contribution in [2.75, 3.05) is 13.2 Å². The van der Waals surface area contributed by atoms with Crippen LogP contribution in [0.4, 0.5) is 4.39 Å². The molecule has 0 aromatic heterocycles. The molecular formula is C31H43FO2. The lowest BCUT2D eigenvalue weighted by Gasteiger charge is -2.29. The van der Waals surface area contributed by atoms with Gasteiger partial charge in [-0.2, -0.15) is 0 Å². The highest BCUT2D eigenvalue weighted by Crippen LogP contribution is 2.38. The Morgan fingerprint density at radius 1 is 0.824 bits per heavy atom. The van der Waals surface area contributed by atoms with Crippen LogP contribution in [-0.2, 0) is 15.9 Å². The molecule has 186 valence electrons. The Labute approximate surface area is 206 Å². The monoisotopic (exact) mass is 466 g/mol. The molecule has 1 saturated carbocycles. The smallest absolute Gasteiger partial charge is 0.157 e. The lowest BCUT2D eigenvalue weighted by atomic mass is 9.77. The quantitative estimate of drug-likeness (QED) is 0.326. The normalized spacial score (nSPS) is 25.4. The van der Waals surface area contributed by atoms with E-state index in [0.29, 0.717) is 17.4 Å². The molecule has 2 nitrogen and oxygen atoms in total. The minimum Gasteiger partial charge on any atom is -0.352 e. The van der Waals surface area contributed by atoms with Crippen LogP contribution in [0, 0.1) is 17.7 Å². The summed E-state index contributed by atoms with van der Waals surface area (Å²) in [7, 11) is 0. The molecule has 0 N–H and O–H groups in total. The standard InChI is InChI=1S/C31H43FO2/c1-3-5-6-7-25-21-33-31(34-22-25)19-12-24-10-15-27(16-11-24)29-18-17-28(20-30(29)32)26-13-8-23(4-2)9-14-26/h10-11,15-18,20,23,25-26,31H,3-9,12-14,19,21-22H2,1-2H3. The van der Waals surface area contributed by atoms with E-state index in [0.717, 1.165) is 37.5 Å². The molecule has 4 rings (SSSR count). The van der Waals surface area contributed by atoms with Crippen LogP contribution in [0.5, 0.6) is 0 Å². The van der Waals surface area contributed by atoms with Gasteiger partial charge in [0.25, 0.3) is 0 Å². The largest absolute Gasteiger partial charge is 0.352 e. The topological polar surface area (TPSA) is 18.5 Å². The van der Waals surface area contributed by atoms with Gasteiger partial charge in [0.1, 0.15) is 5.82 Å². The molecule has 1 saturated heterocycles. The van der Waals surface area contributed by atoms with Crippen LogP contribution in [-0.4, -0.2) is 19.5 Å². The van der Waals surface area contributed by atoms with Crippen LogP contribution in [0.25, 0.3) is 11.1 Å². The van der Waals surface area contributed by atoms with Gasteiger partial charge in [-0.15, -0.1) is 0 Å². The zero-order valence-corrected chi connectivity index (χ0v) is 21.2. The van der Waals surface area contributed by atoms with Gasteiger partial charge in [0.05, 0.1) is 13.2 Å². The first kappa shape index (κ1) is 25.4. The molecule has 0 bridgehead atoms. The lowest BCUT2D eigenvalue weighted by molar-refractivity contribution is -0.203. The number of unbranched alkanes of at least 4 members (excludes halogenated alkanes) is 2. The second kappa shape index (κ2) is 12.8. The van der Waals surface area contributed by atoms with Gasteiger partial charge in [-0.25, -0.2) is 4.39 Å². The van der Waals surface area contributed by atoms with Gasteiger partial charge in [-0.05, 0) is 73.1 Å². The average Bonchev–Trinajstić information content (AvgIpc) is 2.89. The number of rotatable bonds is 10. The third-order valence-corrected chi connectivity index (χ3v) is 8.07. The van der Waals surface area contributed by atoms with Crippen molar-refractivity contribution in [3.8, 4) is 11.1 Å². The first-order chi connectivity index (χ1) is 16.7. The summed E-state index contributed by atoms with van der Waals surface area (Å²) in [6.45, 7) is 6.17. The van der Waals surface area contributed by atoms with Crippen molar-refractivity contribution >= 4 is 0 Å². The minimum atomic E-state index is -0.0977. The molecule has 0 amide bonds. The summed E-state index contributed by atoms with van der Waals surface area (Å²) in [5.41, 5.74) is 4.06. The van der Waals surface area contributed by atoms with Gasteiger partial charge < -0.3 is 9.47 Å². The average molecular weight is 467 g/mol. The van der Waals surface area contributed by atoms with Crippen LogP contribution >= 0.6 is 0 Å².